The Labute approximate surface area is 243 Å². The van der Waals surface area contributed by atoms with Gasteiger partial charge in [-0.2, -0.15) is 4.98 Å². The van der Waals surface area contributed by atoms with Crippen LogP contribution in [0.25, 0.3) is 55.1 Å². The molecule has 0 fully saturated rings. The maximum atomic E-state index is 6.18. The van der Waals surface area contributed by atoms with Crippen molar-refractivity contribution in [1.29, 1.82) is 0 Å². The van der Waals surface area contributed by atoms with E-state index in [1.165, 1.54) is 33.0 Å². The van der Waals surface area contributed by atoms with Gasteiger partial charge in [0, 0.05) is 22.1 Å². The highest BCUT2D eigenvalue weighted by Gasteiger charge is 2.17. The number of aromatic nitrogens is 1. The Morgan fingerprint density at radius 2 is 1.02 bits per heavy atom. The minimum atomic E-state index is 0.632. The van der Waals surface area contributed by atoms with Crippen molar-refractivity contribution in [3.05, 3.63) is 158 Å². The zero-order valence-electron chi connectivity index (χ0n) is 22.8. The van der Waals surface area contributed by atoms with Gasteiger partial charge in [0.15, 0.2) is 0 Å². The van der Waals surface area contributed by atoms with Crippen molar-refractivity contribution in [2.45, 2.75) is 0 Å². The first-order chi connectivity index (χ1) is 20.8. The fraction of sp³-hybridized carbons (Fsp3) is 0. The highest BCUT2D eigenvalue weighted by atomic mass is 16.3. The van der Waals surface area contributed by atoms with Crippen molar-refractivity contribution in [2.75, 3.05) is 4.90 Å². The van der Waals surface area contributed by atoms with Crippen LogP contribution in [0.15, 0.2) is 162 Å². The highest BCUT2D eigenvalue weighted by molar-refractivity contribution is 6.04. The summed E-state index contributed by atoms with van der Waals surface area (Å²) in [6.07, 6.45) is 0. The molecule has 0 aliphatic rings. The van der Waals surface area contributed by atoms with Crippen molar-refractivity contribution in [3.8, 4) is 22.3 Å². The van der Waals surface area contributed by atoms with Crippen LogP contribution in [0.1, 0.15) is 0 Å². The number of furan rings is 1. The van der Waals surface area contributed by atoms with Gasteiger partial charge in [0.2, 0.25) is 5.71 Å². The molecule has 0 aliphatic carbocycles. The number of anilines is 3. The van der Waals surface area contributed by atoms with Gasteiger partial charge in [-0.3, -0.25) is 4.90 Å². The summed E-state index contributed by atoms with van der Waals surface area (Å²) in [5, 5.41) is 4.45. The summed E-state index contributed by atoms with van der Waals surface area (Å²) in [6.45, 7) is 0. The topological polar surface area (TPSA) is 29.3 Å². The van der Waals surface area contributed by atoms with Crippen molar-refractivity contribution >= 4 is 50.0 Å². The van der Waals surface area contributed by atoms with Gasteiger partial charge < -0.3 is 4.42 Å². The summed E-state index contributed by atoms with van der Waals surface area (Å²) in [5.41, 5.74) is 8.32. The van der Waals surface area contributed by atoms with Crippen molar-refractivity contribution < 1.29 is 4.42 Å². The summed E-state index contributed by atoms with van der Waals surface area (Å²) in [6, 6.07) is 55.2. The van der Waals surface area contributed by atoms with E-state index in [2.05, 4.69) is 138 Å². The lowest BCUT2D eigenvalue weighted by Crippen LogP contribution is -2.11. The van der Waals surface area contributed by atoms with E-state index in [-0.39, 0.29) is 0 Å². The Kier molecular flexibility index (Phi) is 5.79. The maximum Gasteiger partial charge on any atom is 0.229 e. The molecule has 0 bridgehead atoms. The van der Waals surface area contributed by atoms with Crippen LogP contribution in [-0.2, 0) is 0 Å². The number of benzene rings is 6. The molecule has 0 unspecified atom stereocenters. The van der Waals surface area contributed by atoms with E-state index >= 15 is 0 Å². The third kappa shape index (κ3) is 4.29. The van der Waals surface area contributed by atoms with Gasteiger partial charge in [0.05, 0.1) is 0 Å². The number of hydrogen-bond acceptors (Lipinski definition) is 3. The van der Waals surface area contributed by atoms with Crippen LogP contribution in [0.5, 0.6) is 0 Å². The Bertz CT molecular complexity index is 2180. The zero-order chi connectivity index (χ0) is 27.9. The molecule has 3 nitrogen and oxygen atoms in total. The third-order valence-electron chi connectivity index (χ3n) is 7.88. The van der Waals surface area contributed by atoms with E-state index in [4.69, 9.17) is 9.40 Å². The SMILES string of the molecule is c1ccc(-c2ccc(N(c3ccc4cc(-c5ccccc5)ccc4c3)c3ccc4c(n3)oc3ccccc34)cc2)cc1. The summed E-state index contributed by atoms with van der Waals surface area (Å²) >= 11 is 0. The van der Waals surface area contributed by atoms with Crippen LogP contribution in [0.4, 0.5) is 17.2 Å². The fourth-order valence-electron chi connectivity index (χ4n) is 5.75. The lowest BCUT2D eigenvalue weighted by Gasteiger charge is -2.25. The second-order valence-electron chi connectivity index (χ2n) is 10.5. The van der Waals surface area contributed by atoms with Crippen molar-refractivity contribution in [1.82, 2.24) is 4.98 Å². The second-order valence-corrected chi connectivity index (χ2v) is 10.5. The lowest BCUT2D eigenvalue weighted by atomic mass is 10.0. The third-order valence-corrected chi connectivity index (χ3v) is 7.88. The first kappa shape index (κ1) is 24.2. The molecular formula is C39H26N2O. The molecule has 2 heterocycles. The maximum absolute atomic E-state index is 6.18. The Morgan fingerprint density at radius 3 is 1.81 bits per heavy atom. The van der Waals surface area contributed by atoms with Crippen LogP contribution in [0.2, 0.25) is 0 Å². The van der Waals surface area contributed by atoms with Crippen molar-refractivity contribution in [3.63, 3.8) is 0 Å². The molecule has 0 aliphatic heterocycles. The Balaban J connectivity index is 1.26. The van der Waals surface area contributed by atoms with Crippen LogP contribution >= 0.6 is 0 Å². The van der Waals surface area contributed by atoms with Crippen LogP contribution in [0, 0.1) is 0 Å². The fourth-order valence-corrected chi connectivity index (χ4v) is 5.75. The summed E-state index contributed by atoms with van der Waals surface area (Å²) in [7, 11) is 0. The molecule has 0 amide bonds. The van der Waals surface area contributed by atoms with Gasteiger partial charge >= 0.3 is 0 Å². The van der Waals surface area contributed by atoms with Gasteiger partial charge in [-0.15, -0.1) is 0 Å². The number of pyridine rings is 1. The summed E-state index contributed by atoms with van der Waals surface area (Å²) in [5.74, 6) is 0.800. The Morgan fingerprint density at radius 1 is 0.429 bits per heavy atom. The highest BCUT2D eigenvalue weighted by Crippen LogP contribution is 2.38. The monoisotopic (exact) mass is 538 g/mol. The van der Waals surface area contributed by atoms with Gasteiger partial charge in [0.1, 0.15) is 11.4 Å². The van der Waals surface area contributed by atoms with E-state index in [9.17, 15) is 0 Å². The van der Waals surface area contributed by atoms with E-state index in [0.717, 1.165) is 33.5 Å². The van der Waals surface area contributed by atoms with E-state index in [1.807, 2.05) is 24.3 Å². The lowest BCUT2D eigenvalue weighted by molar-refractivity contribution is 0.654. The molecule has 0 atom stereocenters. The number of para-hydroxylation sites is 1. The normalized spacial score (nSPS) is 11.3. The molecule has 0 radical (unpaired) electrons. The number of fused-ring (bicyclic) bond motifs is 4. The van der Waals surface area contributed by atoms with Gasteiger partial charge in [0.25, 0.3) is 0 Å². The van der Waals surface area contributed by atoms with Gasteiger partial charge in [-0.1, -0.05) is 109 Å². The molecular weight excluding hydrogens is 512 g/mol. The minimum Gasteiger partial charge on any atom is -0.438 e. The molecule has 8 aromatic rings. The largest absolute Gasteiger partial charge is 0.438 e. The van der Waals surface area contributed by atoms with Gasteiger partial charge in [-0.25, -0.2) is 0 Å². The van der Waals surface area contributed by atoms with E-state index in [0.29, 0.717) is 5.71 Å². The molecule has 0 saturated carbocycles. The molecule has 2 aromatic heterocycles. The molecule has 6 aromatic carbocycles. The second kappa shape index (κ2) is 10.1. The predicted octanol–water partition coefficient (Wildman–Crippen LogP) is 10.9. The molecule has 42 heavy (non-hydrogen) atoms. The van der Waals surface area contributed by atoms with Crippen LogP contribution < -0.4 is 4.90 Å². The number of hydrogen-bond donors (Lipinski definition) is 0. The quantitative estimate of drug-likeness (QED) is 0.218. The minimum absolute atomic E-state index is 0.632. The first-order valence-corrected chi connectivity index (χ1v) is 14.1. The first-order valence-electron chi connectivity index (χ1n) is 14.1. The zero-order valence-corrected chi connectivity index (χ0v) is 22.8. The predicted molar refractivity (Wildman–Crippen MR) is 175 cm³/mol. The molecule has 0 N–H and O–H groups in total. The van der Waals surface area contributed by atoms with Crippen molar-refractivity contribution in [2.24, 2.45) is 0 Å². The van der Waals surface area contributed by atoms with E-state index in [1.54, 1.807) is 0 Å². The summed E-state index contributed by atoms with van der Waals surface area (Å²) in [4.78, 5) is 7.24. The average Bonchev–Trinajstić information content (AvgIpc) is 3.44. The molecule has 8 rings (SSSR count). The standard InChI is InChI=1S/C39H26N2O/c1-3-9-27(10-4-1)29-17-20-33(21-18-29)41(38-24-23-36-35-13-7-8-14-37(35)42-39(36)40-38)34-22-19-31-25-30(15-16-32(31)26-34)28-11-5-2-6-12-28/h1-26H. The van der Waals surface area contributed by atoms with Gasteiger partial charge in [-0.05, 0) is 81.6 Å². The van der Waals surface area contributed by atoms with Crippen LogP contribution in [-0.4, -0.2) is 4.98 Å². The summed E-state index contributed by atoms with van der Waals surface area (Å²) < 4.78 is 6.18. The molecule has 3 heteroatoms. The smallest absolute Gasteiger partial charge is 0.229 e. The molecule has 0 spiro atoms. The number of nitrogens with zero attached hydrogens (tertiary/aromatic N) is 2. The molecule has 0 saturated heterocycles. The molecule has 198 valence electrons. The number of rotatable bonds is 5. The average molecular weight is 539 g/mol. The van der Waals surface area contributed by atoms with Crippen LogP contribution in [0.3, 0.4) is 0 Å². The van der Waals surface area contributed by atoms with E-state index < -0.39 is 0 Å². The Hall–Kier alpha value is -5.67.